The Kier molecular flexibility index (Phi) is 14.4. The highest BCUT2D eigenvalue weighted by Crippen LogP contribution is 2.21. The minimum Gasteiger partial charge on any atom is -0.489 e. The predicted molar refractivity (Wildman–Crippen MR) is 197 cm³/mol. The fourth-order valence-electron chi connectivity index (χ4n) is 6.24. The van der Waals surface area contributed by atoms with Gasteiger partial charge in [-0.25, -0.2) is 0 Å². The molecule has 51 heavy (non-hydrogen) atoms. The van der Waals surface area contributed by atoms with Crippen LogP contribution in [0.2, 0.25) is 0 Å². The molecule has 4 aromatic carbocycles. The van der Waals surface area contributed by atoms with E-state index in [2.05, 4.69) is 5.32 Å². The third-order valence-electron chi connectivity index (χ3n) is 9.08. The van der Waals surface area contributed by atoms with Crippen molar-refractivity contribution in [2.45, 2.75) is 57.7 Å². The van der Waals surface area contributed by atoms with Crippen LogP contribution >= 0.6 is 0 Å². The van der Waals surface area contributed by atoms with Crippen molar-refractivity contribution in [3.8, 4) is 5.75 Å². The Morgan fingerprint density at radius 3 is 2.06 bits per heavy atom. The number of aliphatic hydroxyl groups excluding tert-OH is 1. The second-order valence-electron chi connectivity index (χ2n) is 13.1. The lowest BCUT2D eigenvalue weighted by molar-refractivity contribution is -0.150. The second kappa shape index (κ2) is 19.8. The smallest absolute Gasteiger partial charge is 0.309 e. The zero-order valence-electron chi connectivity index (χ0n) is 29.1. The van der Waals surface area contributed by atoms with Gasteiger partial charge in [-0.1, -0.05) is 115 Å². The number of benzene rings is 4. The average molecular weight is 689 g/mol. The zero-order chi connectivity index (χ0) is 35.7. The monoisotopic (exact) mass is 688 g/mol. The molecule has 2 amide bonds. The molecule has 0 aliphatic carbocycles. The van der Waals surface area contributed by atoms with Gasteiger partial charge in [0.05, 0.1) is 24.5 Å². The molecular formula is C43H48N2O6. The number of hydrogen-bond acceptors (Lipinski definition) is 6. The standard InChI is InChI=1S/C43H48N2O6/c46-26-25-45(30-35-15-7-2-8-16-35)41(47)29-37-19-11-4-12-20-38(27-33-13-5-1-6-14-33)43(49)51-32-39(44-42(37)48)28-34-21-23-40(24-22-34)50-31-36-17-9-3-10-18-36/h1-11,13-18,21-24,37-39,46H,12,19-20,25-32H2,(H,44,48). The van der Waals surface area contributed by atoms with Crippen LogP contribution in [0.3, 0.4) is 0 Å². The van der Waals surface area contributed by atoms with E-state index < -0.39 is 12.0 Å². The molecule has 0 spiro atoms. The predicted octanol–water partition coefficient (Wildman–Crippen LogP) is 6.46. The SMILES string of the molecule is O=C1NC(Cc2ccc(OCc3ccccc3)cc2)COC(=O)C(Cc2ccccc2)CCC=CCC1CC(=O)N(CCO)Cc1ccccc1. The van der Waals surface area contributed by atoms with Gasteiger partial charge in [-0.3, -0.25) is 14.4 Å². The van der Waals surface area contributed by atoms with Crippen LogP contribution in [-0.4, -0.2) is 53.6 Å². The first kappa shape index (κ1) is 37.1. The summed E-state index contributed by atoms with van der Waals surface area (Å²) in [4.78, 5) is 42.6. The second-order valence-corrected chi connectivity index (χ2v) is 13.1. The highest BCUT2D eigenvalue weighted by Gasteiger charge is 2.28. The molecule has 0 fully saturated rings. The Morgan fingerprint density at radius 2 is 1.39 bits per heavy atom. The number of allylic oxidation sites excluding steroid dienone is 2. The first-order chi connectivity index (χ1) is 25.0. The molecule has 3 atom stereocenters. The molecule has 5 rings (SSSR count). The summed E-state index contributed by atoms with van der Waals surface area (Å²) in [6.07, 6.45) is 6.51. The third-order valence-corrected chi connectivity index (χ3v) is 9.08. The number of nitrogens with one attached hydrogen (secondary N) is 1. The van der Waals surface area contributed by atoms with Gasteiger partial charge < -0.3 is 24.8 Å². The van der Waals surface area contributed by atoms with Crippen LogP contribution in [0.1, 0.15) is 47.9 Å². The minimum atomic E-state index is -0.640. The number of esters is 1. The molecule has 0 saturated heterocycles. The topological polar surface area (TPSA) is 105 Å². The van der Waals surface area contributed by atoms with Gasteiger partial charge in [-0.2, -0.15) is 0 Å². The Morgan fingerprint density at radius 1 is 0.765 bits per heavy atom. The van der Waals surface area contributed by atoms with Crippen LogP contribution in [0.5, 0.6) is 5.75 Å². The number of aliphatic hydroxyl groups is 1. The van der Waals surface area contributed by atoms with E-state index in [9.17, 15) is 19.5 Å². The van der Waals surface area contributed by atoms with Gasteiger partial charge in [0.15, 0.2) is 0 Å². The summed E-state index contributed by atoms with van der Waals surface area (Å²) in [7, 11) is 0. The first-order valence-electron chi connectivity index (χ1n) is 17.8. The van der Waals surface area contributed by atoms with Gasteiger partial charge >= 0.3 is 5.97 Å². The summed E-state index contributed by atoms with van der Waals surface area (Å²) >= 11 is 0. The highest BCUT2D eigenvalue weighted by atomic mass is 16.5. The van der Waals surface area contributed by atoms with E-state index in [4.69, 9.17) is 9.47 Å². The highest BCUT2D eigenvalue weighted by molar-refractivity contribution is 5.86. The van der Waals surface area contributed by atoms with E-state index in [1.54, 1.807) is 4.90 Å². The molecule has 1 aliphatic heterocycles. The third kappa shape index (κ3) is 12.3. The number of ether oxygens (including phenoxy) is 2. The van der Waals surface area contributed by atoms with Crippen molar-refractivity contribution in [2.75, 3.05) is 19.8 Å². The fourth-order valence-corrected chi connectivity index (χ4v) is 6.24. The van der Waals surface area contributed by atoms with E-state index in [0.29, 0.717) is 45.3 Å². The number of carbonyl (C=O) groups is 3. The number of cyclic esters (lactones) is 1. The maximum Gasteiger partial charge on any atom is 0.309 e. The number of amides is 2. The molecule has 3 unspecified atom stereocenters. The molecule has 266 valence electrons. The van der Waals surface area contributed by atoms with Gasteiger partial charge in [-0.05, 0) is 66.5 Å². The van der Waals surface area contributed by atoms with Gasteiger partial charge in [0.1, 0.15) is 19.0 Å². The van der Waals surface area contributed by atoms with Gasteiger partial charge in [0.2, 0.25) is 11.8 Å². The van der Waals surface area contributed by atoms with E-state index in [1.165, 1.54) is 0 Å². The van der Waals surface area contributed by atoms with Crippen molar-refractivity contribution in [3.63, 3.8) is 0 Å². The van der Waals surface area contributed by atoms with Gasteiger partial charge in [0.25, 0.3) is 0 Å². The van der Waals surface area contributed by atoms with Crippen molar-refractivity contribution in [1.29, 1.82) is 0 Å². The van der Waals surface area contributed by atoms with Gasteiger partial charge in [-0.15, -0.1) is 0 Å². The molecule has 2 N–H and O–H groups in total. The number of rotatable bonds is 13. The summed E-state index contributed by atoms with van der Waals surface area (Å²) in [5, 5.41) is 12.9. The molecule has 8 nitrogen and oxygen atoms in total. The van der Waals surface area contributed by atoms with Crippen LogP contribution in [0.15, 0.2) is 127 Å². The first-order valence-corrected chi connectivity index (χ1v) is 17.8. The van der Waals surface area contributed by atoms with Crippen molar-refractivity contribution in [3.05, 3.63) is 150 Å². The molecular weight excluding hydrogens is 640 g/mol. The van der Waals surface area contributed by atoms with Crippen LogP contribution < -0.4 is 10.1 Å². The largest absolute Gasteiger partial charge is 0.489 e. The maximum atomic E-state index is 13.9. The lowest BCUT2D eigenvalue weighted by Gasteiger charge is -2.26. The minimum absolute atomic E-state index is 0.000854. The summed E-state index contributed by atoms with van der Waals surface area (Å²) < 4.78 is 11.9. The van der Waals surface area contributed by atoms with E-state index in [0.717, 1.165) is 28.0 Å². The molecule has 1 heterocycles. The zero-order valence-corrected chi connectivity index (χ0v) is 29.1. The quantitative estimate of drug-likeness (QED) is 0.123. The van der Waals surface area contributed by atoms with E-state index >= 15 is 0 Å². The molecule has 4 aromatic rings. The van der Waals surface area contributed by atoms with Crippen LogP contribution in [0.4, 0.5) is 0 Å². The normalized spacial score (nSPS) is 18.3. The average Bonchev–Trinajstić information content (AvgIpc) is 3.17. The maximum absolute atomic E-state index is 13.9. The molecule has 0 bridgehead atoms. The summed E-state index contributed by atoms with van der Waals surface area (Å²) in [6, 6.07) is 36.6. The Balaban J connectivity index is 1.31. The van der Waals surface area contributed by atoms with Crippen molar-refractivity contribution in [2.24, 2.45) is 11.8 Å². The van der Waals surface area contributed by atoms with E-state index in [-0.39, 0.29) is 49.9 Å². The van der Waals surface area contributed by atoms with Crippen molar-refractivity contribution >= 4 is 17.8 Å². The number of nitrogens with zero attached hydrogens (tertiary/aromatic N) is 1. The molecule has 8 heteroatoms. The van der Waals surface area contributed by atoms with Crippen LogP contribution in [0.25, 0.3) is 0 Å². The van der Waals surface area contributed by atoms with Crippen LogP contribution in [0, 0.1) is 11.8 Å². The molecule has 1 aliphatic rings. The Labute approximate surface area is 301 Å². The lowest BCUT2D eigenvalue weighted by Crippen LogP contribution is -2.45. The van der Waals surface area contributed by atoms with Crippen molar-refractivity contribution in [1.82, 2.24) is 10.2 Å². The summed E-state index contributed by atoms with van der Waals surface area (Å²) in [5.41, 5.74) is 4.02. The Hall–Kier alpha value is -5.21. The van der Waals surface area contributed by atoms with E-state index in [1.807, 2.05) is 127 Å². The number of carbonyl (C=O) groups excluding carboxylic acids is 3. The fraction of sp³-hybridized carbons (Fsp3) is 0.326. The summed E-state index contributed by atoms with van der Waals surface area (Å²) in [5.74, 6) is -1.02. The molecule has 0 saturated carbocycles. The Bertz CT molecular complexity index is 1680. The van der Waals surface area contributed by atoms with Crippen molar-refractivity contribution < 1.29 is 29.0 Å². The lowest BCUT2D eigenvalue weighted by atomic mass is 9.94. The molecule has 0 radical (unpaired) electrons. The molecule has 0 aromatic heterocycles. The number of hydrogen-bond donors (Lipinski definition) is 2. The van der Waals surface area contributed by atoms with Crippen LogP contribution in [-0.2, 0) is 45.1 Å². The summed E-state index contributed by atoms with van der Waals surface area (Å²) in [6.45, 7) is 0.791. The van der Waals surface area contributed by atoms with Gasteiger partial charge in [0, 0.05) is 19.5 Å².